The summed E-state index contributed by atoms with van der Waals surface area (Å²) in [5.74, 6) is -0.612. The summed E-state index contributed by atoms with van der Waals surface area (Å²) >= 11 is 14.7. The first kappa shape index (κ1) is 28.2. The Morgan fingerprint density at radius 3 is 2.55 bits per heavy atom. The van der Waals surface area contributed by atoms with Crippen molar-refractivity contribution >= 4 is 68.8 Å². The van der Waals surface area contributed by atoms with Crippen molar-refractivity contribution in [1.29, 1.82) is 5.26 Å². The van der Waals surface area contributed by atoms with Crippen molar-refractivity contribution in [3.8, 4) is 6.07 Å². The summed E-state index contributed by atoms with van der Waals surface area (Å²) in [5.41, 5.74) is 9.12. The Hall–Kier alpha value is -3.36. The smallest absolute Gasteiger partial charge is 0.234 e. The van der Waals surface area contributed by atoms with Crippen molar-refractivity contribution in [3.63, 3.8) is 0 Å². The maximum Gasteiger partial charge on any atom is 0.234 e. The first-order chi connectivity index (χ1) is 19.1. The molecule has 1 atom stereocenters. The van der Waals surface area contributed by atoms with Gasteiger partial charge in [0.25, 0.3) is 0 Å². The number of nitriles is 1. The minimum absolute atomic E-state index is 0.0145. The third-order valence-electron chi connectivity index (χ3n) is 6.65. The summed E-state index contributed by atoms with van der Waals surface area (Å²) in [6.07, 6.45) is 0.934. The molecule has 1 amide bonds. The number of benzene rings is 2. The van der Waals surface area contributed by atoms with Crippen LogP contribution >= 0.6 is 46.3 Å². The van der Waals surface area contributed by atoms with Gasteiger partial charge in [0.1, 0.15) is 5.82 Å². The normalized spacial score (nSPS) is 18.4. The molecular formula is C28H24Cl2N6O2S2. The van der Waals surface area contributed by atoms with Crippen molar-refractivity contribution in [3.05, 3.63) is 86.8 Å². The number of Topliss-reactive ketones (excluding diaryl/α,β-unsaturated/α-hetero) is 1. The van der Waals surface area contributed by atoms with Crippen LogP contribution in [0.25, 0.3) is 0 Å². The van der Waals surface area contributed by atoms with Crippen molar-refractivity contribution in [2.75, 3.05) is 16.0 Å². The molecule has 1 aliphatic carbocycles. The zero-order valence-corrected chi connectivity index (χ0v) is 24.7. The molecule has 2 heterocycles. The van der Waals surface area contributed by atoms with Gasteiger partial charge in [-0.2, -0.15) is 5.26 Å². The molecule has 8 nitrogen and oxygen atoms in total. The molecule has 3 N–H and O–H groups in total. The fourth-order valence-electron chi connectivity index (χ4n) is 4.98. The lowest BCUT2D eigenvalue weighted by Gasteiger charge is -2.42. The number of allylic oxidation sites excluding steroid dienone is 3. The van der Waals surface area contributed by atoms with Gasteiger partial charge in [-0.25, -0.2) is 0 Å². The third kappa shape index (κ3) is 5.47. The Labute approximate surface area is 249 Å². The first-order valence-electron chi connectivity index (χ1n) is 12.3. The van der Waals surface area contributed by atoms with E-state index in [1.165, 1.54) is 23.1 Å². The number of carbonyl (C=O) groups is 2. The lowest BCUT2D eigenvalue weighted by atomic mass is 9.69. The number of anilines is 2. The van der Waals surface area contributed by atoms with Crippen LogP contribution in [0, 0.1) is 16.7 Å². The largest absolute Gasteiger partial charge is 0.384 e. The van der Waals surface area contributed by atoms with Gasteiger partial charge in [0.05, 0.1) is 39.0 Å². The highest BCUT2D eigenvalue weighted by Gasteiger charge is 2.45. The molecule has 5 rings (SSSR count). The highest BCUT2D eigenvalue weighted by atomic mass is 35.5. The summed E-state index contributed by atoms with van der Waals surface area (Å²) in [7, 11) is 0. The van der Waals surface area contributed by atoms with Gasteiger partial charge in [-0.3, -0.25) is 14.5 Å². The van der Waals surface area contributed by atoms with Gasteiger partial charge >= 0.3 is 0 Å². The third-order valence-corrected chi connectivity index (χ3v) is 9.33. The number of thioether (sulfide) groups is 1. The second-order valence-electron chi connectivity index (χ2n) is 10.2. The van der Waals surface area contributed by atoms with Gasteiger partial charge in [0.15, 0.2) is 10.1 Å². The van der Waals surface area contributed by atoms with E-state index in [9.17, 15) is 14.9 Å². The van der Waals surface area contributed by atoms with E-state index in [4.69, 9.17) is 28.9 Å². The molecule has 0 saturated carbocycles. The monoisotopic (exact) mass is 610 g/mol. The topological polar surface area (TPSA) is 125 Å². The zero-order chi connectivity index (χ0) is 28.6. The van der Waals surface area contributed by atoms with Crippen molar-refractivity contribution in [2.24, 2.45) is 11.1 Å². The Morgan fingerprint density at radius 2 is 1.88 bits per heavy atom. The summed E-state index contributed by atoms with van der Waals surface area (Å²) in [4.78, 5) is 27.9. The molecule has 0 saturated heterocycles. The minimum Gasteiger partial charge on any atom is -0.384 e. The highest BCUT2D eigenvalue weighted by molar-refractivity contribution is 8.01. The number of ketones is 1. The minimum atomic E-state index is -0.553. The molecule has 0 radical (unpaired) electrons. The SMILES string of the molecule is CC1(C)CC(=O)C2=C(C1)N(c1nnc(SCC(=O)Nc3c(Cl)cccc3Cl)s1)C(N)=C(C#N)C2c1ccccc1. The van der Waals surface area contributed by atoms with Crippen LogP contribution in [0.4, 0.5) is 10.8 Å². The van der Waals surface area contributed by atoms with E-state index in [-0.39, 0.29) is 28.7 Å². The summed E-state index contributed by atoms with van der Waals surface area (Å²) < 4.78 is 0.524. The van der Waals surface area contributed by atoms with E-state index in [0.717, 1.165) is 11.3 Å². The van der Waals surface area contributed by atoms with E-state index in [0.29, 0.717) is 49.2 Å². The van der Waals surface area contributed by atoms with Crippen LogP contribution in [-0.4, -0.2) is 27.6 Å². The molecule has 204 valence electrons. The Morgan fingerprint density at radius 1 is 1.18 bits per heavy atom. The van der Waals surface area contributed by atoms with Crippen LogP contribution in [0.3, 0.4) is 0 Å². The molecule has 3 aromatic rings. The maximum atomic E-state index is 13.6. The number of nitrogens with zero attached hydrogens (tertiary/aromatic N) is 4. The fourth-order valence-corrected chi connectivity index (χ4v) is 7.15. The molecule has 0 spiro atoms. The van der Waals surface area contributed by atoms with Gasteiger partial charge in [-0.05, 0) is 29.5 Å². The number of carbonyl (C=O) groups excluding carboxylic acids is 2. The van der Waals surface area contributed by atoms with Gasteiger partial charge < -0.3 is 11.1 Å². The molecule has 1 aliphatic heterocycles. The summed E-state index contributed by atoms with van der Waals surface area (Å²) in [6.45, 7) is 4.07. The number of hydrogen-bond donors (Lipinski definition) is 2. The van der Waals surface area contributed by atoms with Gasteiger partial charge in [0, 0.05) is 17.7 Å². The quantitative estimate of drug-likeness (QED) is 0.302. The van der Waals surface area contributed by atoms with E-state index < -0.39 is 5.92 Å². The average molecular weight is 612 g/mol. The van der Waals surface area contributed by atoms with Crippen molar-refractivity contribution in [2.45, 2.75) is 36.9 Å². The second kappa shape index (κ2) is 11.3. The summed E-state index contributed by atoms with van der Waals surface area (Å²) in [6, 6.07) is 16.7. The molecule has 40 heavy (non-hydrogen) atoms. The molecule has 2 aliphatic rings. The second-order valence-corrected chi connectivity index (χ2v) is 13.2. The molecule has 2 aromatic carbocycles. The number of nitrogens with one attached hydrogen (secondary N) is 1. The lowest BCUT2D eigenvalue weighted by molar-refractivity contribution is -0.118. The van der Waals surface area contributed by atoms with Crippen molar-refractivity contribution < 1.29 is 9.59 Å². The molecule has 0 bridgehead atoms. The lowest BCUT2D eigenvalue weighted by Crippen LogP contribution is -2.42. The van der Waals surface area contributed by atoms with Crippen LogP contribution < -0.4 is 16.0 Å². The number of rotatable bonds is 6. The van der Waals surface area contributed by atoms with E-state index >= 15 is 0 Å². The average Bonchev–Trinajstić information content (AvgIpc) is 3.37. The van der Waals surface area contributed by atoms with E-state index in [1.54, 1.807) is 23.1 Å². The highest BCUT2D eigenvalue weighted by Crippen LogP contribution is 2.50. The van der Waals surface area contributed by atoms with Crippen LogP contribution in [0.5, 0.6) is 0 Å². The number of hydrogen-bond acceptors (Lipinski definition) is 9. The fraction of sp³-hybridized carbons (Fsp3) is 0.250. The van der Waals surface area contributed by atoms with Gasteiger partial charge in [-0.1, -0.05) is 96.5 Å². The number of nitrogens with two attached hydrogens (primary N) is 1. The Bertz CT molecular complexity index is 1590. The molecule has 1 aromatic heterocycles. The van der Waals surface area contributed by atoms with E-state index in [2.05, 4.69) is 21.6 Å². The molecule has 1 unspecified atom stereocenters. The molecule has 0 fully saturated rings. The number of para-hydroxylation sites is 1. The van der Waals surface area contributed by atoms with E-state index in [1.807, 2.05) is 44.2 Å². The number of aromatic nitrogens is 2. The first-order valence-corrected chi connectivity index (χ1v) is 14.9. The predicted octanol–water partition coefficient (Wildman–Crippen LogP) is 6.52. The maximum absolute atomic E-state index is 13.6. The Balaban J connectivity index is 1.45. The van der Waals surface area contributed by atoms with Crippen LogP contribution in [0.2, 0.25) is 10.0 Å². The standard InChI is InChI=1S/C28H24Cl2N6O2S2/c1-28(2)11-19-23(20(37)12-28)22(15-7-4-3-5-8-15)16(13-31)25(32)36(19)26-34-35-27(40-26)39-14-21(38)33-24-17(29)9-6-10-18(24)30/h3-10,22H,11-12,14,32H2,1-2H3,(H,33,38). The predicted molar refractivity (Wildman–Crippen MR) is 159 cm³/mol. The van der Waals surface area contributed by atoms with Gasteiger partial charge in [0.2, 0.25) is 11.0 Å². The Kier molecular flexibility index (Phi) is 7.93. The van der Waals surface area contributed by atoms with Crippen LogP contribution in [0.15, 0.2) is 75.5 Å². The molecular weight excluding hydrogens is 587 g/mol. The zero-order valence-electron chi connectivity index (χ0n) is 21.6. The van der Waals surface area contributed by atoms with Gasteiger partial charge in [-0.15, -0.1) is 10.2 Å². The summed E-state index contributed by atoms with van der Waals surface area (Å²) in [5, 5.41) is 22.6. The van der Waals surface area contributed by atoms with Crippen LogP contribution in [0.1, 0.15) is 38.2 Å². The number of halogens is 2. The molecule has 12 heteroatoms. The van der Waals surface area contributed by atoms with Crippen LogP contribution in [-0.2, 0) is 9.59 Å². The number of amides is 1. The van der Waals surface area contributed by atoms with Crippen molar-refractivity contribution in [1.82, 2.24) is 10.2 Å².